The Morgan fingerprint density at radius 1 is 1.00 bits per heavy atom. The van der Waals surface area contributed by atoms with Gasteiger partial charge in [-0.15, -0.1) is 0 Å². The number of carbonyl (C=O) groups excluding carboxylic acids is 2. The zero-order valence-electron chi connectivity index (χ0n) is 21.6. The molecule has 1 fully saturated rings. The van der Waals surface area contributed by atoms with Gasteiger partial charge in [-0.2, -0.15) is 0 Å². The maximum Gasteiger partial charge on any atom is 0.252 e. The van der Waals surface area contributed by atoms with Crippen LogP contribution >= 0.6 is 23.2 Å². The third-order valence-corrected chi connectivity index (χ3v) is 8.63. The van der Waals surface area contributed by atoms with E-state index in [1.807, 2.05) is 48.5 Å². The molecule has 1 heterocycles. The smallest absolute Gasteiger partial charge is 0.252 e. The Hall–Kier alpha value is -3.18. The van der Waals surface area contributed by atoms with E-state index in [-0.39, 0.29) is 35.4 Å². The predicted octanol–water partition coefficient (Wildman–Crippen LogP) is 4.59. The molecule has 1 atom stereocenters. The molecule has 3 aromatic carbocycles. The number of primary amides is 1. The highest BCUT2D eigenvalue weighted by molar-refractivity contribution is 7.92. The van der Waals surface area contributed by atoms with Crippen molar-refractivity contribution in [2.45, 2.75) is 25.4 Å². The molecule has 1 saturated heterocycles. The molecule has 0 aliphatic carbocycles. The minimum absolute atomic E-state index is 0.0892. The molecule has 12 heteroatoms. The van der Waals surface area contributed by atoms with Gasteiger partial charge in [-0.05, 0) is 60.0 Å². The lowest BCUT2D eigenvalue weighted by Crippen LogP contribution is -2.51. The average Bonchev–Trinajstić information content (AvgIpc) is 2.86. The lowest BCUT2D eigenvalue weighted by atomic mass is 9.91. The van der Waals surface area contributed by atoms with Gasteiger partial charge in [0.05, 0.1) is 17.5 Å². The van der Waals surface area contributed by atoms with E-state index in [0.717, 1.165) is 23.3 Å². The van der Waals surface area contributed by atoms with E-state index < -0.39 is 33.7 Å². The molecule has 1 aliphatic rings. The summed E-state index contributed by atoms with van der Waals surface area (Å²) in [6.07, 6.45) is 0.255. The first-order valence-electron chi connectivity index (χ1n) is 12.6. The second-order valence-electron chi connectivity index (χ2n) is 9.77. The Kier molecular flexibility index (Phi) is 9.35. The number of nitrogens with zero attached hydrogens (tertiary/aromatic N) is 1. The van der Waals surface area contributed by atoms with Crippen molar-refractivity contribution in [2.24, 2.45) is 11.7 Å². The van der Waals surface area contributed by atoms with Crippen LogP contribution in [0.15, 0.2) is 66.7 Å². The molecular weight excluding hydrogens is 578 g/mol. The van der Waals surface area contributed by atoms with Crippen molar-refractivity contribution in [2.75, 3.05) is 23.6 Å². The number of nitrogens with two attached hydrogens (primary N) is 1. The zero-order chi connectivity index (χ0) is 29.0. The number of sulfonamides is 1. The molecule has 1 unspecified atom stereocenters. The number of benzene rings is 3. The van der Waals surface area contributed by atoms with Crippen LogP contribution in [-0.2, 0) is 14.8 Å². The summed E-state index contributed by atoms with van der Waals surface area (Å²) in [5.41, 5.74) is 7.05. The molecule has 0 radical (unpaired) electrons. The SMILES string of the molecule is CCC(NC(=O)c1cc(F)cc(NS(=O)(=O)CC2CN(C(c3ccc(Cl)cc3)c3ccc(Cl)cc3)C2)c1)C(N)=O. The normalized spacial score (nSPS) is 14.9. The van der Waals surface area contributed by atoms with Crippen molar-refractivity contribution in [1.82, 2.24) is 10.2 Å². The maximum absolute atomic E-state index is 14.3. The largest absolute Gasteiger partial charge is 0.368 e. The summed E-state index contributed by atoms with van der Waals surface area (Å²) in [6, 6.07) is 17.1. The van der Waals surface area contributed by atoms with Crippen molar-refractivity contribution in [1.29, 1.82) is 0 Å². The lowest BCUT2D eigenvalue weighted by Gasteiger charge is -2.44. The Labute approximate surface area is 242 Å². The third kappa shape index (κ3) is 7.51. The van der Waals surface area contributed by atoms with Gasteiger partial charge in [0.25, 0.3) is 5.91 Å². The Bertz CT molecular complexity index is 1440. The highest BCUT2D eigenvalue weighted by Gasteiger charge is 2.36. The van der Waals surface area contributed by atoms with Gasteiger partial charge in [-0.25, -0.2) is 12.8 Å². The molecule has 1 aliphatic heterocycles. The summed E-state index contributed by atoms with van der Waals surface area (Å²) in [5, 5.41) is 3.66. The minimum atomic E-state index is -3.87. The van der Waals surface area contributed by atoms with Crippen LogP contribution in [0.2, 0.25) is 10.0 Å². The molecule has 8 nitrogen and oxygen atoms in total. The Morgan fingerprint density at radius 3 is 2.05 bits per heavy atom. The van der Waals surface area contributed by atoms with Gasteiger partial charge in [-0.3, -0.25) is 19.2 Å². The van der Waals surface area contributed by atoms with E-state index >= 15 is 0 Å². The minimum Gasteiger partial charge on any atom is -0.368 e. The number of hydrogen-bond acceptors (Lipinski definition) is 5. The van der Waals surface area contributed by atoms with Gasteiger partial charge in [0.2, 0.25) is 15.9 Å². The molecule has 212 valence electrons. The zero-order valence-corrected chi connectivity index (χ0v) is 23.9. The number of rotatable bonds is 11. The van der Waals surface area contributed by atoms with Crippen LogP contribution in [0, 0.1) is 11.7 Å². The highest BCUT2D eigenvalue weighted by Crippen LogP contribution is 2.36. The number of hydrogen-bond donors (Lipinski definition) is 3. The Balaban J connectivity index is 1.43. The summed E-state index contributed by atoms with van der Waals surface area (Å²) in [4.78, 5) is 26.1. The molecule has 0 aromatic heterocycles. The third-order valence-electron chi connectivity index (χ3n) is 6.67. The second kappa shape index (κ2) is 12.6. The number of anilines is 1. The summed E-state index contributed by atoms with van der Waals surface area (Å²) >= 11 is 12.2. The molecule has 2 amide bonds. The van der Waals surface area contributed by atoms with Gasteiger partial charge < -0.3 is 11.1 Å². The molecular formula is C28H29Cl2FN4O4S. The number of halogens is 3. The van der Waals surface area contributed by atoms with Crippen LogP contribution in [0.1, 0.15) is 40.9 Å². The first-order chi connectivity index (χ1) is 18.9. The average molecular weight is 608 g/mol. The number of nitrogens with one attached hydrogen (secondary N) is 2. The van der Waals surface area contributed by atoms with Gasteiger partial charge in [0.15, 0.2) is 0 Å². The monoisotopic (exact) mass is 606 g/mol. The molecule has 40 heavy (non-hydrogen) atoms. The first kappa shape index (κ1) is 29.8. The predicted molar refractivity (Wildman–Crippen MR) is 154 cm³/mol. The van der Waals surface area contributed by atoms with Gasteiger partial charge >= 0.3 is 0 Å². The van der Waals surface area contributed by atoms with Gasteiger partial charge in [0, 0.05) is 34.6 Å². The van der Waals surface area contributed by atoms with E-state index in [1.54, 1.807) is 6.92 Å². The maximum atomic E-state index is 14.3. The van der Waals surface area contributed by atoms with Crippen LogP contribution in [0.5, 0.6) is 0 Å². The standard InChI is InChI=1S/C28H29Cl2FN4O4S/c1-2-25(27(32)36)33-28(37)20-11-23(31)13-24(12-20)34-40(38,39)16-17-14-35(15-17)26(18-3-7-21(29)8-4-18)19-5-9-22(30)10-6-19/h3-13,17,25-26,34H,2,14-16H2,1H3,(H2,32,36)(H,33,37). The summed E-state index contributed by atoms with van der Waals surface area (Å²) in [6.45, 7) is 2.69. The fourth-order valence-electron chi connectivity index (χ4n) is 4.76. The van der Waals surface area contributed by atoms with Crippen LogP contribution in [0.25, 0.3) is 0 Å². The van der Waals surface area contributed by atoms with Crippen LogP contribution < -0.4 is 15.8 Å². The summed E-state index contributed by atoms with van der Waals surface area (Å²) in [5.74, 6) is -2.62. The molecule has 0 bridgehead atoms. The quantitative estimate of drug-likeness (QED) is 0.295. The highest BCUT2D eigenvalue weighted by atomic mass is 35.5. The summed E-state index contributed by atoms with van der Waals surface area (Å²) in [7, 11) is -3.87. The fourth-order valence-corrected chi connectivity index (χ4v) is 6.40. The van der Waals surface area contributed by atoms with Crippen LogP contribution in [-0.4, -0.2) is 50.0 Å². The Morgan fingerprint density at radius 2 is 1.55 bits per heavy atom. The van der Waals surface area contributed by atoms with E-state index in [2.05, 4.69) is 14.9 Å². The molecule has 0 saturated carbocycles. The van der Waals surface area contributed by atoms with E-state index in [9.17, 15) is 22.4 Å². The van der Waals surface area contributed by atoms with Gasteiger partial charge in [-0.1, -0.05) is 54.4 Å². The van der Waals surface area contributed by atoms with Crippen molar-refractivity contribution in [3.8, 4) is 0 Å². The van der Waals surface area contributed by atoms with Crippen LogP contribution in [0.3, 0.4) is 0 Å². The van der Waals surface area contributed by atoms with Crippen LogP contribution in [0.4, 0.5) is 10.1 Å². The lowest BCUT2D eigenvalue weighted by molar-refractivity contribution is -0.119. The second-order valence-corrected chi connectivity index (χ2v) is 12.4. The molecule has 0 spiro atoms. The molecule has 4 N–H and O–H groups in total. The summed E-state index contributed by atoms with van der Waals surface area (Å²) < 4.78 is 42.6. The van der Waals surface area contributed by atoms with Crippen molar-refractivity contribution >= 4 is 50.7 Å². The van der Waals surface area contributed by atoms with Gasteiger partial charge in [0.1, 0.15) is 11.9 Å². The fraction of sp³-hybridized carbons (Fsp3) is 0.286. The number of amides is 2. The topological polar surface area (TPSA) is 122 Å². The van der Waals surface area contributed by atoms with E-state index in [1.165, 1.54) is 6.07 Å². The molecule has 4 rings (SSSR count). The van der Waals surface area contributed by atoms with Crippen molar-refractivity contribution in [3.63, 3.8) is 0 Å². The number of likely N-dealkylation sites (tertiary alicyclic amines) is 1. The first-order valence-corrected chi connectivity index (χ1v) is 15.0. The van der Waals surface area contributed by atoms with Crippen molar-refractivity contribution in [3.05, 3.63) is 99.3 Å². The molecule has 3 aromatic rings. The van der Waals surface area contributed by atoms with Crippen molar-refractivity contribution < 1.29 is 22.4 Å². The number of carbonyl (C=O) groups is 2. The van der Waals surface area contributed by atoms with E-state index in [0.29, 0.717) is 23.1 Å². The van der Waals surface area contributed by atoms with E-state index in [4.69, 9.17) is 28.9 Å².